The first-order chi connectivity index (χ1) is 33.7. The summed E-state index contributed by atoms with van der Waals surface area (Å²) in [6, 6.07) is 12.8. The zero-order valence-corrected chi connectivity index (χ0v) is 43.7. The second kappa shape index (κ2) is 28.0. The van der Waals surface area contributed by atoms with Crippen molar-refractivity contribution in [3.8, 4) is 0 Å². The van der Waals surface area contributed by atoms with E-state index < -0.39 is 101 Å². The standard InChI is InChI=1S/C52H78FN7O12/c1-49(2,3)70-46(66)54-30-20-18-26-38(44(64)60-31-27-52(28-32-60,45(65)69-10)59-48(68)72-51(7,8)9)56-41(61)37(25-17-19-29-53)55-42(62)39(33-35-21-13-11-14-22-35)57-43(63)40(34-36-23-15-12-16-24-36)58-47(67)71-50(4,5)6/h11-16,21-24,37-40H,17-20,25-34H2,1-10H3,(H,54,66)(H,55,62)(H,56,61)(H,57,63)(H,58,67)(H,59,68)/t37?,38-,39-,40-/m1/s1. The Morgan fingerprint density at radius 2 is 1.00 bits per heavy atom. The molecule has 0 radical (unpaired) electrons. The van der Waals surface area contributed by atoms with Crippen LogP contribution in [0.2, 0.25) is 0 Å². The molecule has 20 heteroatoms. The number of carbonyl (C=O) groups is 8. The van der Waals surface area contributed by atoms with Crippen molar-refractivity contribution >= 4 is 47.9 Å². The number of esters is 1. The van der Waals surface area contributed by atoms with Gasteiger partial charge >= 0.3 is 24.2 Å². The number of nitrogens with one attached hydrogen (secondary N) is 6. The van der Waals surface area contributed by atoms with E-state index in [9.17, 15) is 42.7 Å². The summed E-state index contributed by atoms with van der Waals surface area (Å²) in [6.07, 6.45) is -1.35. The van der Waals surface area contributed by atoms with Crippen molar-refractivity contribution in [1.82, 2.24) is 36.8 Å². The van der Waals surface area contributed by atoms with Gasteiger partial charge in [0.25, 0.3) is 0 Å². The van der Waals surface area contributed by atoms with Crippen LogP contribution in [0, 0.1) is 0 Å². The Hall–Kier alpha value is -6.47. The molecule has 72 heavy (non-hydrogen) atoms. The van der Waals surface area contributed by atoms with E-state index in [1.165, 1.54) is 12.0 Å². The third kappa shape index (κ3) is 21.9. The zero-order valence-electron chi connectivity index (χ0n) is 43.7. The first-order valence-electron chi connectivity index (χ1n) is 24.6. The highest BCUT2D eigenvalue weighted by molar-refractivity contribution is 5.96. The Balaban J connectivity index is 1.93. The van der Waals surface area contributed by atoms with E-state index in [1.807, 2.05) is 6.07 Å². The van der Waals surface area contributed by atoms with Gasteiger partial charge in [0.1, 0.15) is 46.5 Å². The van der Waals surface area contributed by atoms with Crippen LogP contribution in [0.1, 0.15) is 125 Å². The number of hydrogen-bond donors (Lipinski definition) is 6. The topological polar surface area (TPSA) is 249 Å². The van der Waals surface area contributed by atoms with Crippen LogP contribution in [0.5, 0.6) is 0 Å². The number of carbonyl (C=O) groups excluding carboxylic acids is 8. The molecule has 1 aliphatic heterocycles. The van der Waals surface area contributed by atoms with Gasteiger partial charge in [-0.3, -0.25) is 23.6 Å². The van der Waals surface area contributed by atoms with Gasteiger partial charge in [-0.05, 0) is 125 Å². The Morgan fingerprint density at radius 3 is 1.50 bits per heavy atom. The number of alkyl halides is 1. The number of hydrogen-bond acceptors (Lipinski definition) is 12. The number of amides is 7. The van der Waals surface area contributed by atoms with Gasteiger partial charge in [0.05, 0.1) is 13.8 Å². The minimum Gasteiger partial charge on any atom is -0.467 e. The lowest BCUT2D eigenvalue weighted by atomic mass is 9.87. The number of halogens is 1. The molecule has 7 amide bonds. The summed E-state index contributed by atoms with van der Waals surface area (Å²) in [7, 11) is 1.19. The van der Waals surface area contributed by atoms with E-state index >= 15 is 0 Å². The number of piperidine rings is 1. The maximum Gasteiger partial charge on any atom is 0.408 e. The Labute approximate surface area is 423 Å². The monoisotopic (exact) mass is 1010 g/mol. The molecule has 1 aliphatic rings. The minimum atomic E-state index is -1.51. The Morgan fingerprint density at radius 1 is 0.569 bits per heavy atom. The zero-order chi connectivity index (χ0) is 53.7. The van der Waals surface area contributed by atoms with E-state index in [2.05, 4.69) is 31.9 Å². The molecule has 3 rings (SSSR count). The molecule has 0 saturated carbocycles. The number of benzene rings is 2. The van der Waals surface area contributed by atoms with Crippen LogP contribution < -0.4 is 31.9 Å². The molecule has 0 spiro atoms. The SMILES string of the molecule is COC(=O)C1(NC(=O)OC(C)(C)C)CCN(C(=O)[C@@H](CCCCNC(=O)OC(C)(C)C)NC(=O)C(CCCCF)NC(=O)[C@@H](Cc2ccccc2)NC(=O)[C@@H](Cc2ccccc2)NC(=O)OC(C)(C)C)CC1. The average molecular weight is 1010 g/mol. The highest BCUT2D eigenvalue weighted by Gasteiger charge is 2.46. The molecule has 1 heterocycles. The highest BCUT2D eigenvalue weighted by atomic mass is 19.1. The van der Waals surface area contributed by atoms with Crippen LogP contribution in [0.3, 0.4) is 0 Å². The van der Waals surface area contributed by atoms with Crippen molar-refractivity contribution in [2.24, 2.45) is 0 Å². The number of ether oxygens (including phenoxy) is 4. The number of nitrogens with zero attached hydrogens (tertiary/aromatic N) is 1. The van der Waals surface area contributed by atoms with Gasteiger partial charge in [0, 0.05) is 32.5 Å². The third-order valence-corrected chi connectivity index (χ3v) is 11.2. The van der Waals surface area contributed by atoms with E-state index in [0.29, 0.717) is 18.4 Å². The molecule has 0 aliphatic carbocycles. The Kier molecular flexibility index (Phi) is 23.2. The van der Waals surface area contributed by atoms with Gasteiger partial charge in [0.2, 0.25) is 23.6 Å². The van der Waals surface area contributed by atoms with Gasteiger partial charge in [-0.15, -0.1) is 0 Å². The van der Waals surface area contributed by atoms with Crippen molar-refractivity contribution < 1.29 is 61.7 Å². The van der Waals surface area contributed by atoms with E-state index in [0.717, 1.165) is 5.56 Å². The predicted molar refractivity (Wildman–Crippen MR) is 267 cm³/mol. The minimum absolute atomic E-state index is 0.0228. The first-order valence-corrected chi connectivity index (χ1v) is 24.6. The normalized spacial score (nSPS) is 15.2. The maximum atomic E-state index is 14.5. The van der Waals surface area contributed by atoms with Crippen LogP contribution in [-0.2, 0) is 55.8 Å². The fourth-order valence-corrected chi connectivity index (χ4v) is 7.74. The lowest BCUT2D eigenvalue weighted by Crippen LogP contribution is -2.63. The van der Waals surface area contributed by atoms with Gasteiger partial charge in [-0.1, -0.05) is 60.7 Å². The maximum absolute atomic E-state index is 14.5. The molecular weight excluding hydrogens is 934 g/mol. The lowest BCUT2D eigenvalue weighted by molar-refractivity contribution is -0.153. The first kappa shape index (κ1) is 59.8. The quantitative estimate of drug-likeness (QED) is 0.0445. The number of unbranched alkanes of at least 4 members (excludes halogenated alkanes) is 2. The fourth-order valence-electron chi connectivity index (χ4n) is 7.74. The third-order valence-electron chi connectivity index (χ3n) is 11.2. The Bertz CT molecular complexity index is 2100. The summed E-state index contributed by atoms with van der Waals surface area (Å²) < 4.78 is 34.8. The summed E-state index contributed by atoms with van der Waals surface area (Å²) in [6.45, 7) is 14.7. The summed E-state index contributed by atoms with van der Waals surface area (Å²) in [4.78, 5) is 110. The fraction of sp³-hybridized carbons (Fsp3) is 0.615. The van der Waals surface area contributed by atoms with Crippen LogP contribution in [-0.4, -0.2) is 133 Å². The van der Waals surface area contributed by atoms with Crippen molar-refractivity contribution in [2.45, 2.75) is 173 Å². The van der Waals surface area contributed by atoms with Crippen molar-refractivity contribution in [3.05, 3.63) is 71.8 Å². The summed E-state index contributed by atoms with van der Waals surface area (Å²) in [5.74, 6) is -3.44. The predicted octanol–water partition coefficient (Wildman–Crippen LogP) is 5.71. The molecular formula is C52H78FN7O12. The molecule has 1 fully saturated rings. The van der Waals surface area contributed by atoms with Crippen LogP contribution in [0.4, 0.5) is 18.8 Å². The number of alkyl carbamates (subject to hydrolysis) is 3. The molecule has 0 bridgehead atoms. The van der Waals surface area contributed by atoms with Crippen LogP contribution >= 0.6 is 0 Å². The highest BCUT2D eigenvalue weighted by Crippen LogP contribution is 2.26. The summed E-state index contributed by atoms with van der Waals surface area (Å²) in [5.41, 5.74) is -2.58. The lowest BCUT2D eigenvalue weighted by Gasteiger charge is -2.41. The number of rotatable bonds is 23. The van der Waals surface area contributed by atoms with Gasteiger partial charge < -0.3 is 55.7 Å². The van der Waals surface area contributed by atoms with Crippen molar-refractivity contribution in [3.63, 3.8) is 0 Å². The molecule has 19 nitrogen and oxygen atoms in total. The second-order valence-corrected chi connectivity index (χ2v) is 20.9. The van der Waals surface area contributed by atoms with Gasteiger partial charge in [-0.2, -0.15) is 0 Å². The molecule has 6 N–H and O–H groups in total. The van der Waals surface area contributed by atoms with Crippen molar-refractivity contribution in [2.75, 3.05) is 33.4 Å². The van der Waals surface area contributed by atoms with Crippen LogP contribution in [0.25, 0.3) is 0 Å². The molecule has 4 atom stereocenters. The number of likely N-dealkylation sites (tertiary alicyclic amines) is 1. The van der Waals surface area contributed by atoms with Gasteiger partial charge in [0.15, 0.2) is 0 Å². The van der Waals surface area contributed by atoms with Crippen molar-refractivity contribution in [1.29, 1.82) is 0 Å². The molecule has 0 aromatic heterocycles. The molecule has 2 aromatic rings. The largest absolute Gasteiger partial charge is 0.467 e. The summed E-state index contributed by atoms with van der Waals surface area (Å²) in [5, 5.41) is 16.4. The summed E-state index contributed by atoms with van der Waals surface area (Å²) >= 11 is 0. The second-order valence-electron chi connectivity index (χ2n) is 20.9. The van der Waals surface area contributed by atoms with E-state index in [1.54, 1.807) is 117 Å². The van der Waals surface area contributed by atoms with E-state index in [4.69, 9.17) is 18.9 Å². The molecule has 1 saturated heterocycles. The van der Waals surface area contributed by atoms with Gasteiger partial charge in [-0.25, -0.2) is 19.2 Å². The molecule has 2 aromatic carbocycles. The number of methoxy groups -OCH3 is 1. The smallest absolute Gasteiger partial charge is 0.408 e. The molecule has 1 unspecified atom stereocenters. The average Bonchev–Trinajstić information content (AvgIpc) is 3.28. The molecule has 400 valence electrons. The van der Waals surface area contributed by atoms with Crippen LogP contribution in [0.15, 0.2) is 60.7 Å². The van der Waals surface area contributed by atoms with E-state index in [-0.39, 0.29) is 71.0 Å².